The zero-order valence-corrected chi connectivity index (χ0v) is 27.4. The van der Waals surface area contributed by atoms with E-state index in [2.05, 4.69) is 10.6 Å². The highest BCUT2D eigenvalue weighted by Gasteiger charge is 2.37. The minimum absolute atomic E-state index is 0.156. The predicted molar refractivity (Wildman–Crippen MR) is 179 cm³/mol. The van der Waals surface area contributed by atoms with Crippen LogP contribution in [0, 0.1) is 5.41 Å². The molecule has 13 nitrogen and oxygen atoms in total. The summed E-state index contributed by atoms with van der Waals surface area (Å²) < 4.78 is 26.0. The molecule has 0 saturated carbocycles. The summed E-state index contributed by atoms with van der Waals surface area (Å²) in [5.41, 5.74) is 8.58. The van der Waals surface area contributed by atoms with Crippen LogP contribution >= 0.6 is 0 Å². The first-order valence-electron chi connectivity index (χ1n) is 15.4. The molecule has 3 aromatic rings. The first kappa shape index (κ1) is 35.9. The van der Waals surface area contributed by atoms with Crippen LogP contribution in [0.4, 0.5) is 0 Å². The summed E-state index contributed by atoms with van der Waals surface area (Å²) in [6, 6.07) is 21.7. The molecule has 0 aliphatic carbocycles. The van der Waals surface area contributed by atoms with Crippen LogP contribution in [0.5, 0.6) is 0 Å². The average molecular weight is 677 g/mol. The van der Waals surface area contributed by atoms with Crippen molar-refractivity contribution in [1.82, 2.24) is 19.8 Å². The Bertz CT molecular complexity index is 1720. The van der Waals surface area contributed by atoms with E-state index >= 15 is 0 Å². The minimum Gasteiger partial charge on any atom is -0.480 e. The van der Waals surface area contributed by atoms with Crippen LogP contribution in [0.25, 0.3) is 0 Å². The lowest BCUT2D eigenvalue weighted by molar-refractivity contribution is -0.140. The number of sulfonamides is 1. The number of nitrogens with zero attached hydrogens (tertiary/aromatic N) is 2. The van der Waals surface area contributed by atoms with E-state index in [0.29, 0.717) is 30.5 Å². The van der Waals surface area contributed by atoms with Crippen LogP contribution in [-0.4, -0.2) is 89.7 Å². The van der Waals surface area contributed by atoms with Crippen molar-refractivity contribution in [3.05, 3.63) is 107 Å². The van der Waals surface area contributed by atoms with E-state index in [1.165, 1.54) is 29.2 Å². The third kappa shape index (κ3) is 10.0. The SMILES string of the molecule is CS(=O)(=O)N(Cc1ccc(C(=N)NC(=O)[C@H](Cc2ccccc2)NC(=O)[C@@H](N)Cc2ccccc2)cc1)C(=O)[C@@H]1CCCN1CC(=O)O. The van der Waals surface area contributed by atoms with Crippen molar-refractivity contribution in [3.63, 3.8) is 0 Å². The van der Waals surface area contributed by atoms with Gasteiger partial charge in [0.05, 0.1) is 31.4 Å². The molecule has 1 heterocycles. The second kappa shape index (κ2) is 16.3. The number of rotatable bonds is 14. The monoisotopic (exact) mass is 676 g/mol. The lowest BCUT2D eigenvalue weighted by atomic mass is 10.0. The Morgan fingerprint density at radius 3 is 2.06 bits per heavy atom. The Balaban J connectivity index is 1.43. The Labute approximate surface area is 279 Å². The van der Waals surface area contributed by atoms with Crippen molar-refractivity contribution in [2.75, 3.05) is 19.3 Å². The number of hydrogen-bond acceptors (Lipinski definition) is 9. The Kier molecular flexibility index (Phi) is 12.2. The van der Waals surface area contributed by atoms with E-state index in [9.17, 15) is 32.7 Å². The number of carbonyl (C=O) groups is 4. The van der Waals surface area contributed by atoms with E-state index in [1.807, 2.05) is 60.7 Å². The number of hydrogen-bond donors (Lipinski definition) is 5. The van der Waals surface area contributed by atoms with Crippen LogP contribution in [0.15, 0.2) is 84.9 Å². The largest absolute Gasteiger partial charge is 0.480 e. The fourth-order valence-electron chi connectivity index (χ4n) is 5.52. The number of amidine groups is 1. The Morgan fingerprint density at radius 1 is 0.917 bits per heavy atom. The number of amides is 3. The number of nitrogens with one attached hydrogen (secondary N) is 3. The highest BCUT2D eigenvalue weighted by molar-refractivity contribution is 7.88. The van der Waals surface area contributed by atoms with Gasteiger partial charge in [0.25, 0.3) is 5.91 Å². The lowest BCUT2D eigenvalue weighted by Gasteiger charge is -2.28. The summed E-state index contributed by atoms with van der Waals surface area (Å²) in [5.74, 6) is -3.19. The fourth-order valence-corrected chi connectivity index (χ4v) is 6.35. The molecule has 1 fully saturated rings. The second-order valence-electron chi connectivity index (χ2n) is 11.7. The molecule has 0 radical (unpaired) electrons. The number of benzene rings is 3. The van der Waals surface area contributed by atoms with Crippen LogP contribution in [0.3, 0.4) is 0 Å². The van der Waals surface area contributed by atoms with Crippen molar-refractivity contribution in [1.29, 1.82) is 5.41 Å². The first-order valence-corrected chi connectivity index (χ1v) is 17.3. The average Bonchev–Trinajstić information content (AvgIpc) is 3.51. The van der Waals surface area contributed by atoms with Gasteiger partial charge >= 0.3 is 5.97 Å². The second-order valence-corrected chi connectivity index (χ2v) is 13.6. The van der Waals surface area contributed by atoms with Gasteiger partial charge in [0.15, 0.2) is 0 Å². The van der Waals surface area contributed by atoms with Crippen molar-refractivity contribution >= 4 is 39.5 Å². The molecule has 1 aliphatic rings. The molecule has 48 heavy (non-hydrogen) atoms. The van der Waals surface area contributed by atoms with Gasteiger partial charge in [0.2, 0.25) is 21.8 Å². The normalized spacial score (nSPS) is 16.0. The number of carboxylic acid groups (broad SMARTS) is 1. The van der Waals surface area contributed by atoms with Gasteiger partial charge in [-0.05, 0) is 42.5 Å². The van der Waals surface area contributed by atoms with Crippen molar-refractivity contribution in [2.24, 2.45) is 5.73 Å². The molecule has 6 N–H and O–H groups in total. The molecule has 0 unspecified atom stereocenters. The number of carbonyl (C=O) groups excluding carboxylic acids is 3. The smallest absolute Gasteiger partial charge is 0.317 e. The molecule has 0 aromatic heterocycles. The molecule has 1 saturated heterocycles. The molecule has 3 aromatic carbocycles. The molecule has 4 rings (SSSR count). The van der Waals surface area contributed by atoms with Gasteiger partial charge in [-0.15, -0.1) is 0 Å². The summed E-state index contributed by atoms with van der Waals surface area (Å²) >= 11 is 0. The lowest BCUT2D eigenvalue weighted by Crippen LogP contribution is -2.53. The van der Waals surface area contributed by atoms with E-state index in [1.54, 1.807) is 0 Å². The van der Waals surface area contributed by atoms with Gasteiger partial charge < -0.3 is 21.5 Å². The van der Waals surface area contributed by atoms with E-state index in [-0.39, 0.29) is 31.8 Å². The Morgan fingerprint density at radius 2 is 1.50 bits per heavy atom. The maximum Gasteiger partial charge on any atom is 0.317 e. The van der Waals surface area contributed by atoms with Gasteiger partial charge in [-0.2, -0.15) is 0 Å². The van der Waals surface area contributed by atoms with Gasteiger partial charge in [-0.25, -0.2) is 12.7 Å². The molecular weight excluding hydrogens is 636 g/mol. The molecular formula is C34H40N6O7S. The highest BCUT2D eigenvalue weighted by Crippen LogP contribution is 2.22. The van der Waals surface area contributed by atoms with E-state index < -0.39 is 51.8 Å². The third-order valence-electron chi connectivity index (χ3n) is 8.00. The molecule has 254 valence electrons. The molecule has 1 aliphatic heterocycles. The number of likely N-dealkylation sites (tertiary alicyclic amines) is 1. The van der Waals surface area contributed by atoms with Crippen LogP contribution < -0.4 is 16.4 Å². The molecule has 3 atom stereocenters. The minimum atomic E-state index is -4.00. The van der Waals surface area contributed by atoms with Gasteiger partial charge in [0.1, 0.15) is 11.9 Å². The molecule has 14 heteroatoms. The van der Waals surface area contributed by atoms with Gasteiger partial charge in [-0.3, -0.25) is 29.5 Å². The standard InChI is InChI=1S/C34H40N6O7S/c1-48(46,47)40(34(45)29-13-8-18-39(29)22-30(41)42)21-25-14-16-26(17-15-25)31(36)38-33(44)28(20-24-11-6-3-7-12-24)37-32(43)27(35)19-23-9-4-2-5-10-23/h2-7,9-12,14-17,27-29H,8,13,18-22,35H2,1H3,(H,37,43)(H,41,42)(H2,36,38,44)/t27-,28-,29-/m0/s1. The highest BCUT2D eigenvalue weighted by atomic mass is 32.2. The molecule has 3 amide bonds. The molecule has 0 bridgehead atoms. The van der Waals surface area contributed by atoms with Crippen LogP contribution in [0.1, 0.15) is 35.1 Å². The Hall–Kier alpha value is -4.92. The van der Waals surface area contributed by atoms with Gasteiger partial charge in [-0.1, -0.05) is 84.9 Å². The van der Waals surface area contributed by atoms with Crippen molar-refractivity contribution in [2.45, 2.75) is 50.4 Å². The zero-order chi connectivity index (χ0) is 34.8. The van der Waals surface area contributed by atoms with Crippen LogP contribution in [-0.2, 0) is 48.6 Å². The summed E-state index contributed by atoms with van der Waals surface area (Å²) in [5, 5.41) is 23.0. The van der Waals surface area contributed by atoms with E-state index in [0.717, 1.165) is 21.7 Å². The molecule has 0 spiro atoms. The summed E-state index contributed by atoms with van der Waals surface area (Å²) in [7, 11) is -4.00. The summed E-state index contributed by atoms with van der Waals surface area (Å²) in [6.07, 6.45) is 2.26. The zero-order valence-electron chi connectivity index (χ0n) is 26.5. The number of aliphatic carboxylic acids is 1. The van der Waals surface area contributed by atoms with Crippen molar-refractivity contribution < 1.29 is 32.7 Å². The van der Waals surface area contributed by atoms with Gasteiger partial charge in [0, 0.05) is 12.0 Å². The maximum atomic E-state index is 13.4. The maximum absolute atomic E-state index is 13.4. The number of carboxylic acids is 1. The summed E-state index contributed by atoms with van der Waals surface area (Å²) in [6.45, 7) is -0.282. The van der Waals surface area contributed by atoms with Crippen molar-refractivity contribution in [3.8, 4) is 0 Å². The quantitative estimate of drug-likeness (QED) is 0.123. The van der Waals surface area contributed by atoms with E-state index in [4.69, 9.17) is 11.1 Å². The topological polar surface area (TPSA) is 203 Å². The fraction of sp³-hybridized carbons (Fsp3) is 0.324. The number of nitrogens with two attached hydrogens (primary N) is 1. The predicted octanol–water partition coefficient (Wildman–Crippen LogP) is 1.26. The summed E-state index contributed by atoms with van der Waals surface area (Å²) in [4.78, 5) is 52.4. The first-order chi connectivity index (χ1) is 22.8. The third-order valence-corrected chi connectivity index (χ3v) is 9.11. The van der Waals surface area contributed by atoms with Crippen LogP contribution in [0.2, 0.25) is 0 Å².